The Balaban J connectivity index is 2.21. The van der Waals surface area contributed by atoms with Crippen LogP contribution < -0.4 is 9.64 Å². The van der Waals surface area contributed by atoms with E-state index in [-0.39, 0.29) is 0 Å². The molecule has 18 heavy (non-hydrogen) atoms. The van der Waals surface area contributed by atoms with Crippen molar-refractivity contribution < 1.29 is 14.6 Å². The number of carboxylic acid groups (broad SMARTS) is 1. The summed E-state index contributed by atoms with van der Waals surface area (Å²) in [5.41, 5.74) is 1.19. The Hall–Kier alpha value is -1.71. The van der Waals surface area contributed by atoms with Gasteiger partial charge in [0.1, 0.15) is 5.75 Å². The molecule has 1 aromatic carbocycles. The van der Waals surface area contributed by atoms with Crippen LogP contribution in [-0.2, 0) is 0 Å². The number of ether oxygens (including phenoxy) is 1. The number of hydrogen-bond acceptors (Lipinski definition) is 3. The lowest BCUT2D eigenvalue weighted by Gasteiger charge is -2.43. The molecule has 1 aliphatic heterocycles. The molecular weight excluding hydrogens is 230 g/mol. The predicted molar refractivity (Wildman–Crippen MR) is 70.5 cm³/mol. The quantitative estimate of drug-likeness (QED) is 0.890. The summed E-state index contributed by atoms with van der Waals surface area (Å²) in [6.07, 6.45) is 0. The maximum Gasteiger partial charge on any atom is 0.335 e. The molecule has 1 aromatic rings. The Morgan fingerprint density at radius 2 is 2.11 bits per heavy atom. The van der Waals surface area contributed by atoms with Crippen molar-refractivity contribution in [3.8, 4) is 5.75 Å². The number of hydrogen-bond donors (Lipinski definition) is 1. The summed E-state index contributed by atoms with van der Waals surface area (Å²) in [5.74, 6) is 1.18. The second-order valence-corrected chi connectivity index (χ2v) is 5.10. The minimum absolute atomic E-state index is 0.304. The summed E-state index contributed by atoms with van der Waals surface area (Å²) in [6.45, 7) is 6.37. The summed E-state index contributed by atoms with van der Waals surface area (Å²) < 4.78 is 5.30. The molecule has 0 amide bonds. The molecular formula is C14H19NO3. The number of methoxy groups -OCH3 is 1. The highest BCUT2D eigenvalue weighted by atomic mass is 16.5. The van der Waals surface area contributed by atoms with Crippen LogP contribution in [0.4, 0.5) is 5.69 Å². The van der Waals surface area contributed by atoms with Gasteiger partial charge in [-0.25, -0.2) is 4.79 Å². The average Bonchev–Trinajstić information content (AvgIpc) is 2.26. The molecule has 4 nitrogen and oxygen atoms in total. The molecule has 1 heterocycles. The lowest BCUT2D eigenvalue weighted by atomic mass is 9.88. The maximum absolute atomic E-state index is 11.0. The second kappa shape index (κ2) is 4.88. The molecule has 0 unspecified atom stereocenters. The second-order valence-electron chi connectivity index (χ2n) is 5.10. The Kier molecular flexibility index (Phi) is 3.45. The third kappa shape index (κ3) is 2.28. The molecule has 1 saturated heterocycles. The van der Waals surface area contributed by atoms with Gasteiger partial charge >= 0.3 is 5.97 Å². The number of nitrogens with zero attached hydrogens (tertiary/aromatic N) is 1. The first kappa shape index (κ1) is 12.7. The molecule has 98 valence electrons. The van der Waals surface area contributed by atoms with E-state index >= 15 is 0 Å². The summed E-state index contributed by atoms with van der Waals surface area (Å²) in [4.78, 5) is 13.2. The number of benzene rings is 1. The van der Waals surface area contributed by atoms with Crippen molar-refractivity contribution in [3.63, 3.8) is 0 Å². The SMILES string of the molecule is COc1ccc(C(=O)O)cc1N1CC(C(C)C)C1. The van der Waals surface area contributed by atoms with Crippen LogP contribution in [0, 0.1) is 11.8 Å². The standard InChI is InChI=1S/C14H19NO3/c1-9(2)11-7-15(8-11)12-6-10(14(16)17)4-5-13(12)18-3/h4-6,9,11H,7-8H2,1-3H3,(H,16,17). The molecule has 0 aliphatic carbocycles. The average molecular weight is 249 g/mol. The van der Waals surface area contributed by atoms with E-state index in [1.165, 1.54) is 0 Å². The lowest BCUT2D eigenvalue weighted by molar-refractivity contribution is 0.0697. The van der Waals surface area contributed by atoms with E-state index in [1.807, 2.05) is 0 Å². The Morgan fingerprint density at radius 3 is 2.61 bits per heavy atom. The van der Waals surface area contributed by atoms with Crippen LogP contribution in [0.1, 0.15) is 24.2 Å². The highest BCUT2D eigenvalue weighted by Crippen LogP contribution is 2.36. The van der Waals surface area contributed by atoms with Crippen molar-refractivity contribution in [1.82, 2.24) is 0 Å². The van der Waals surface area contributed by atoms with Gasteiger partial charge in [-0.3, -0.25) is 0 Å². The van der Waals surface area contributed by atoms with Crippen LogP contribution in [0.2, 0.25) is 0 Å². The van der Waals surface area contributed by atoms with Crippen molar-refractivity contribution in [3.05, 3.63) is 23.8 Å². The molecule has 0 atom stereocenters. The lowest BCUT2D eigenvalue weighted by Crippen LogP contribution is -2.49. The van der Waals surface area contributed by atoms with Gasteiger partial charge in [-0.2, -0.15) is 0 Å². The number of aromatic carboxylic acids is 1. The molecule has 4 heteroatoms. The van der Waals surface area contributed by atoms with E-state index in [9.17, 15) is 4.79 Å². The van der Waals surface area contributed by atoms with Gasteiger partial charge in [-0.05, 0) is 30.0 Å². The predicted octanol–water partition coefficient (Wildman–Crippen LogP) is 2.49. The van der Waals surface area contributed by atoms with Gasteiger partial charge in [0.05, 0.1) is 18.4 Å². The largest absolute Gasteiger partial charge is 0.495 e. The number of carboxylic acids is 1. The number of carbonyl (C=O) groups is 1. The van der Waals surface area contributed by atoms with E-state index in [2.05, 4.69) is 18.7 Å². The highest BCUT2D eigenvalue weighted by Gasteiger charge is 2.31. The first-order chi connectivity index (χ1) is 8.52. The summed E-state index contributed by atoms with van der Waals surface area (Å²) >= 11 is 0. The molecule has 1 aliphatic rings. The molecule has 0 bridgehead atoms. The van der Waals surface area contributed by atoms with E-state index in [0.717, 1.165) is 24.5 Å². The van der Waals surface area contributed by atoms with E-state index in [1.54, 1.807) is 25.3 Å². The van der Waals surface area contributed by atoms with Gasteiger partial charge in [0.15, 0.2) is 0 Å². The summed E-state index contributed by atoms with van der Waals surface area (Å²) in [7, 11) is 1.61. The maximum atomic E-state index is 11.0. The first-order valence-electron chi connectivity index (χ1n) is 6.19. The Labute approximate surface area is 107 Å². The summed E-state index contributed by atoms with van der Waals surface area (Å²) in [5, 5.41) is 9.03. The molecule has 1 N–H and O–H groups in total. The van der Waals surface area contributed by atoms with Crippen LogP contribution in [0.15, 0.2) is 18.2 Å². The van der Waals surface area contributed by atoms with Gasteiger partial charge in [0.2, 0.25) is 0 Å². The van der Waals surface area contributed by atoms with Crippen molar-refractivity contribution in [2.45, 2.75) is 13.8 Å². The fourth-order valence-electron chi connectivity index (χ4n) is 2.20. The fraction of sp³-hybridized carbons (Fsp3) is 0.500. The van der Waals surface area contributed by atoms with Gasteiger partial charge < -0.3 is 14.7 Å². The van der Waals surface area contributed by atoms with Crippen LogP contribution in [0.5, 0.6) is 5.75 Å². The van der Waals surface area contributed by atoms with Gasteiger partial charge in [0.25, 0.3) is 0 Å². The van der Waals surface area contributed by atoms with Gasteiger partial charge in [-0.15, -0.1) is 0 Å². The van der Waals surface area contributed by atoms with Crippen LogP contribution in [0.25, 0.3) is 0 Å². The van der Waals surface area contributed by atoms with Crippen LogP contribution >= 0.6 is 0 Å². The Bertz CT molecular complexity index is 450. The minimum Gasteiger partial charge on any atom is -0.495 e. The minimum atomic E-state index is -0.903. The van der Waals surface area contributed by atoms with Crippen molar-refractivity contribution in [2.75, 3.05) is 25.1 Å². The number of anilines is 1. The van der Waals surface area contributed by atoms with Gasteiger partial charge in [-0.1, -0.05) is 13.8 Å². The van der Waals surface area contributed by atoms with Crippen LogP contribution in [-0.4, -0.2) is 31.3 Å². The molecule has 0 aromatic heterocycles. The van der Waals surface area contributed by atoms with Crippen molar-refractivity contribution in [2.24, 2.45) is 11.8 Å². The molecule has 2 rings (SSSR count). The molecule has 0 saturated carbocycles. The molecule has 1 fully saturated rings. The third-order valence-corrected chi connectivity index (χ3v) is 3.62. The fourth-order valence-corrected chi connectivity index (χ4v) is 2.20. The van der Waals surface area contributed by atoms with E-state index in [4.69, 9.17) is 9.84 Å². The van der Waals surface area contributed by atoms with Gasteiger partial charge in [0, 0.05) is 13.1 Å². The smallest absolute Gasteiger partial charge is 0.335 e. The first-order valence-corrected chi connectivity index (χ1v) is 6.19. The third-order valence-electron chi connectivity index (χ3n) is 3.62. The van der Waals surface area contributed by atoms with E-state index in [0.29, 0.717) is 17.4 Å². The van der Waals surface area contributed by atoms with Crippen molar-refractivity contribution in [1.29, 1.82) is 0 Å². The molecule has 0 spiro atoms. The normalized spacial score (nSPS) is 15.7. The highest BCUT2D eigenvalue weighted by molar-refractivity contribution is 5.89. The van der Waals surface area contributed by atoms with E-state index < -0.39 is 5.97 Å². The molecule has 0 radical (unpaired) electrons. The summed E-state index contributed by atoms with van der Waals surface area (Å²) in [6, 6.07) is 4.99. The van der Waals surface area contributed by atoms with Crippen LogP contribution in [0.3, 0.4) is 0 Å². The zero-order valence-corrected chi connectivity index (χ0v) is 11.0. The monoisotopic (exact) mass is 249 g/mol. The zero-order chi connectivity index (χ0) is 13.3. The Morgan fingerprint density at radius 1 is 1.44 bits per heavy atom. The number of rotatable bonds is 4. The van der Waals surface area contributed by atoms with Crippen molar-refractivity contribution >= 4 is 11.7 Å². The zero-order valence-electron chi connectivity index (χ0n) is 11.0. The topological polar surface area (TPSA) is 49.8 Å².